The first-order valence-electron chi connectivity index (χ1n) is 7.44. The van der Waals surface area contributed by atoms with Gasteiger partial charge in [0.2, 0.25) is 0 Å². The number of likely N-dealkylation sites (tertiary alicyclic amines) is 1. The van der Waals surface area contributed by atoms with E-state index >= 15 is 0 Å². The first-order valence-corrected chi connectivity index (χ1v) is 7.44. The summed E-state index contributed by atoms with van der Waals surface area (Å²) in [6.45, 7) is 8.21. The zero-order valence-corrected chi connectivity index (χ0v) is 12.3. The maximum Gasteiger partial charge on any atom is 0.410 e. The minimum atomic E-state index is -0.409. The van der Waals surface area contributed by atoms with Crippen LogP contribution in [0, 0.1) is 5.41 Å². The molecule has 0 aromatic heterocycles. The molecule has 4 nitrogen and oxygen atoms in total. The molecule has 0 aromatic carbocycles. The van der Waals surface area contributed by atoms with Crippen LogP contribution in [-0.4, -0.2) is 41.9 Å². The van der Waals surface area contributed by atoms with E-state index in [1.165, 1.54) is 19.3 Å². The number of rotatable bonds is 0. The van der Waals surface area contributed by atoms with E-state index in [1.54, 1.807) is 0 Å². The molecule has 2 saturated heterocycles. The highest BCUT2D eigenvalue weighted by Gasteiger charge is 2.56. The average molecular weight is 267 g/mol. The summed E-state index contributed by atoms with van der Waals surface area (Å²) in [7, 11) is 0. The van der Waals surface area contributed by atoms with Gasteiger partial charge in [0, 0.05) is 13.1 Å². The highest BCUT2D eigenvalue weighted by atomic mass is 16.6. The number of amides is 1. The summed E-state index contributed by atoms with van der Waals surface area (Å²) >= 11 is 0. The van der Waals surface area contributed by atoms with E-state index in [1.807, 2.05) is 25.7 Å². The number of carbonyl (C=O) groups is 1. The molecule has 0 unspecified atom stereocenters. The van der Waals surface area contributed by atoms with Gasteiger partial charge in [-0.15, -0.1) is 0 Å². The SMILES string of the molecule is CC(C)(C)OC(=O)N1CCC2(CC1)CC1(CC1)CO2. The lowest BCUT2D eigenvalue weighted by atomic mass is 9.84. The molecule has 1 saturated carbocycles. The Morgan fingerprint density at radius 2 is 1.79 bits per heavy atom. The topological polar surface area (TPSA) is 38.8 Å². The van der Waals surface area contributed by atoms with Crippen molar-refractivity contribution >= 4 is 6.09 Å². The Morgan fingerprint density at radius 1 is 1.16 bits per heavy atom. The molecule has 0 atom stereocenters. The van der Waals surface area contributed by atoms with Crippen LogP contribution in [0.4, 0.5) is 4.79 Å². The zero-order chi connectivity index (χ0) is 13.7. The van der Waals surface area contributed by atoms with Crippen molar-refractivity contribution in [3.05, 3.63) is 0 Å². The molecule has 1 aliphatic carbocycles. The summed E-state index contributed by atoms with van der Waals surface area (Å²) < 4.78 is 11.5. The molecule has 2 aliphatic heterocycles. The molecule has 4 heteroatoms. The van der Waals surface area contributed by atoms with E-state index in [0.29, 0.717) is 5.41 Å². The highest BCUT2D eigenvalue weighted by molar-refractivity contribution is 5.68. The van der Waals surface area contributed by atoms with Crippen molar-refractivity contribution in [3.8, 4) is 0 Å². The lowest BCUT2D eigenvalue weighted by molar-refractivity contribution is -0.0487. The summed E-state index contributed by atoms with van der Waals surface area (Å²) in [6.07, 6.45) is 5.64. The summed E-state index contributed by atoms with van der Waals surface area (Å²) in [5.41, 5.74) is 0.178. The van der Waals surface area contributed by atoms with Gasteiger partial charge in [-0.3, -0.25) is 0 Å². The predicted octanol–water partition coefficient (Wildman–Crippen LogP) is 2.96. The number of nitrogens with zero attached hydrogens (tertiary/aromatic N) is 1. The van der Waals surface area contributed by atoms with Gasteiger partial charge in [0.05, 0.1) is 12.2 Å². The maximum absolute atomic E-state index is 12.0. The first-order chi connectivity index (χ1) is 8.82. The zero-order valence-electron chi connectivity index (χ0n) is 12.3. The fourth-order valence-electron chi connectivity index (χ4n) is 3.33. The van der Waals surface area contributed by atoms with Crippen LogP contribution in [0.2, 0.25) is 0 Å². The quantitative estimate of drug-likeness (QED) is 0.677. The first kappa shape index (κ1) is 13.2. The molecule has 2 spiro atoms. The summed E-state index contributed by atoms with van der Waals surface area (Å²) in [5, 5.41) is 0. The van der Waals surface area contributed by atoms with E-state index in [4.69, 9.17) is 9.47 Å². The molecular formula is C15H25NO3. The highest BCUT2D eigenvalue weighted by Crippen LogP contribution is 2.59. The fourth-order valence-corrected chi connectivity index (χ4v) is 3.33. The van der Waals surface area contributed by atoms with Crippen LogP contribution in [0.25, 0.3) is 0 Å². The number of hydrogen-bond acceptors (Lipinski definition) is 3. The molecule has 3 rings (SSSR count). The molecule has 3 fully saturated rings. The van der Waals surface area contributed by atoms with Gasteiger partial charge in [-0.05, 0) is 58.3 Å². The van der Waals surface area contributed by atoms with E-state index in [0.717, 1.165) is 32.5 Å². The van der Waals surface area contributed by atoms with Crippen molar-refractivity contribution in [2.75, 3.05) is 19.7 Å². The smallest absolute Gasteiger partial charge is 0.410 e. The van der Waals surface area contributed by atoms with Crippen LogP contribution in [0.1, 0.15) is 52.9 Å². The molecule has 108 valence electrons. The van der Waals surface area contributed by atoms with Gasteiger partial charge in [-0.25, -0.2) is 4.79 Å². The van der Waals surface area contributed by atoms with Crippen molar-refractivity contribution in [2.24, 2.45) is 5.41 Å². The van der Waals surface area contributed by atoms with Crippen LogP contribution in [0.5, 0.6) is 0 Å². The van der Waals surface area contributed by atoms with Crippen molar-refractivity contribution in [2.45, 2.75) is 64.1 Å². The van der Waals surface area contributed by atoms with Crippen LogP contribution in [-0.2, 0) is 9.47 Å². The van der Waals surface area contributed by atoms with Crippen LogP contribution < -0.4 is 0 Å². The van der Waals surface area contributed by atoms with Crippen molar-refractivity contribution in [3.63, 3.8) is 0 Å². The lowest BCUT2D eigenvalue weighted by Gasteiger charge is -2.39. The maximum atomic E-state index is 12.0. The van der Waals surface area contributed by atoms with Gasteiger partial charge < -0.3 is 14.4 Å². The second kappa shape index (κ2) is 4.11. The van der Waals surface area contributed by atoms with Gasteiger partial charge in [0.25, 0.3) is 0 Å². The summed E-state index contributed by atoms with van der Waals surface area (Å²) in [6, 6.07) is 0. The van der Waals surface area contributed by atoms with Gasteiger partial charge >= 0.3 is 6.09 Å². The standard InChI is InChI=1S/C15H25NO3/c1-13(2,3)19-12(17)16-8-6-15(7-9-16)10-14(4-5-14)11-18-15/h4-11H2,1-3H3. The van der Waals surface area contributed by atoms with Crippen molar-refractivity contribution in [1.29, 1.82) is 0 Å². The van der Waals surface area contributed by atoms with E-state index in [-0.39, 0.29) is 11.7 Å². The van der Waals surface area contributed by atoms with Gasteiger partial charge in [-0.1, -0.05) is 0 Å². The lowest BCUT2D eigenvalue weighted by Crippen LogP contribution is -2.47. The normalized spacial score (nSPS) is 27.8. The van der Waals surface area contributed by atoms with Crippen LogP contribution in [0.3, 0.4) is 0 Å². The van der Waals surface area contributed by atoms with Gasteiger partial charge in [-0.2, -0.15) is 0 Å². The predicted molar refractivity (Wildman–Crippen MR) is 72.0 cm³/mol. The van der Waals surface area contributed by atoms with Gasteiger partial charge in [0.1, 0.15) is 5.60 Å². The number of ether oxygens (including phenoxy) is 2. The van der Waals surface area contributed by atoms with E-state index in [2.05, 4.69) is 0 Å². The minimum Gasteiger partial charge on any atom is -0.444 e. The Morgan fingerprint density at radius 3 is 2.26 bits per heavy atom. The average Bonchev–Trinajstić information content (AvgIpc) is 2.96. The van der Waals surface area contributed by atoms with Crippen molar-refractivity contribution < 1.29 is 14.3 Å². The third kappa shape index (κ3) is 2.73. The molecule has 1 amide bonds. The van der Waals surface area contributed by atoms with Gasteiger partial charge in [0.15, 0.2) is 0 Å². The second-order valence-electron chi connectivity index (χ2n) is 7.62. The Kier molecular flexibility index (Phi) is 2.86. The van der Waals surface area contributed by atoms with E-state index < -0.39 is 5.60 Å². The molecule has 0 aromatic rings. The summed E-state index contributed by atoms with van der Waals surface area (Å²) in [4.78, 5) is 13.9. The van der Waals surface area contributed by atoms with Crippen molar-refractivity contribution in [1.82, 2.24) is 4.90 Å². The monoisotopic (exact) mass is 267 g/mol. The molecule has 3 aliphatic rings. The molecule has 2 heterocycles. The number of piperidine rings is 1. The Bertz CT molecular complexity index is 373. The Balaban J connectivity index is 1.53. The molecular weight excluding hydrogens is 242 g/mol. The third-order valence-corrected chi connectivity index (χ3v) is 4.67. The third-order valence-electron chi connectivity index (χ3n) is 4.67. The number of carbonyl (C=O) groups excluding carboxylic acids is 1. The molecule has 0 bridgehead atoms. The minimum absolute atomic E-state index is 0.0645. The number of hydrogen-bond donors (Lipinski definition) is 0. The van der Waals surface area contributed by atoms with Crippen LogP contribution in [0.15, 0.2) is 0 Å². The second-order valence-corrected chi connectivity index (χ2v) is 7.62. The largest absolute Gasteiger partial charge is 0.444 e. The van der Waals surface area contributed by atoms with Crippen LogP contribution >= 0.6 is 0 Å². The van der Waals surface area contributed by atoms with E-state index in [9.17, 15) is 4.79 Å². The molecule has 19 heavy (non-hydrogen) atoms. The molecule has 0 radical (unpaired) electrons. The Labute approximate surface area is 115 Å². The summed E-state index contributed by atoms with van der Waals surface area (Å²) in [5.74, 6) is 0. The molecule has 0 N–H and O–H groups in total. The fraction of sp³-hybridized carbons (Fsp3) is 0.933. The Hall–Kier alpha value is -0.770.